The first-order chi connectivity index (χ1) is 11.6. The van der Waals surface area contributed by atoms with E-state index in [0.29, 0.717) is 12.5 Å². The quantitative estimate of drug-likeness (QED) is 0.889. The van der Waals surface area contributed by atoms with E-state index in [1.165, 1.54) is 12.8 Å². The van der Waals surface area contributed by atoms with Crippen molar-refractivity contribution in [3.05, 3.63) is 35.7 Å². The topological polar surface area (TPSA) is 68.0 Å². The SMILES string of the molecule is Cc1cc(CN2Cc3cncn3C(C(=O)NCC3CC3)C2)n(C)n1. The zero-order chi connectivity index (χ0) is 16.7. The highest BCUT2D eigenvalue weighted by Gasteiger charge is 2.31. The summed E-state index contributed by atoms with van der Waals surface area (Å²) < 4.78 is 3.94. The average molecular weight is 328 g/mol. The predicted octanol–water partition coefficient (Wildman–Crippen LogP) is 1.01. The Morgan fingerprint density at radius 2 is 2.25 bits per heavy atom. The number of fused-ring (bicyclic) bond motifs is 1. The van der Waals surface area contributed by atoms with Crippen molar-refractivity contribution in [1.29, 1.82) is 0 Å². The maximum Gasteiger partial charge on any atom is 0.244 e. The van der Waals surface area contributed by atoms with Crippen LogP contribution in [0.25, 0.3) is 0 Å². The third-order valence-electron chi connectivity index (χ3n) is 4.95. The number of aryl methyl sites for hydroxylation is 2. The van der Waals surface area contributed by atoms with Crippen molar-refractivity contribution in [3.8, 4) is 0 Å². The average Bonchev–Trinajstić information content (AvgIpc) is 3.17. The molecule has 1 amide bonds. The molecule has 7 nitrogen and oxygen atoms in total. The smallest absolute Gasteiger partial charge is 0.244 e. The molecule has 4 rings (SSSR count). The summed E-state index contributed by atoms with van der Waals surface area (Å²) in [6.07, 6.45) is 6.13. The maximum absolute atomic E-state index is 12.7. The number of nitrogens with zero attached hydrogens (tertiary/aromatic N) is 5. The van der Waals surface area contributed by atoms with Crippen molar-refractivity contribution in [2.75, 3.05) is 13.1 Å². The molecule has 1 aliphatic carbocycles. The minimum absolute atomic E-state index is 0.104. The molecule has 1 aliphatic heterocycles. The van der Waals surface area contributed by atoms with Crippen LogP contribution in [0.4, 0.5) is 0 Å². The summed E-state index contributed by atoms with van der Waals surface area (Å²) in [6, 6.07) is 1.90. The van der Waals surface area contributed by atoms with Gasteiger partial charge in [0.15, 0.2) is 0 Å². The van der Waals surface area contributed by atoms with Crippen LogP contribution >= 0.6 is 0 Å². The highest BCUT2D eigenvalue weighted by molar-refractivity contribution is 5.80. The lowest BCUT2D eigenvalue weighted by molar-refractivity contribution is -0.125. The van der Waals surface area contributed by atoms with E-state index in [0.717, 1.165) is 36.7 Å². The first kappa shape index (κ1) is 15.4. The summed E-state index contributed by atoms with van der Waals surface area (Å²) in [4.78, 5) is 19.2. The maximum atomic E-state index is 12.7. The Morgan fingerprint density at radius 3 is 2.96 bits per heavy atom. The molecule has 0 spiro atoms. The van der Waals surface area contributed by atoms with Gasteiger partial charge in [0.25, 0.3) is 0 Å². The Bertz CT molecular complexity index is 744. The zero-order valence-electron chi connectivity index (χ0n) is 14.3. The van der Waals surface area contributed by atoms with Crippen LogP contribution in [0.15, 0.2) is 18.6 Å². The molecular formula is C17H24N6O. The lowest BCUT2D eigenvalue weighted by atomic mass is 10.1. The number of carbonyl (C=O) groups excluding carboxylic acids is 1. The Labute approximate surface area is 141 Å². The molecule has 1 unspecified atom stereocenters. The van der Waals surface area contributed by atoms with E-state index >= 15 is 0 Å². The third kappa shape index (κ3) is 3.08. The zero-order valence-corrected chi connectivity index (χ0v) is 14.3. The summed E-state index contributed by atoms with van der Waals surface area (Å²) in [6.45, 7) is 5.10. The van der Waals surface area contributed by atoms with Crippen molar-refractivity contribution in [3.63, 3.8) is 0 Å². The fourth-order valence-electron chi connectivity index (χ4n) is 3.42. The van der Waals surface area contributed by atoms with Gasteiger partial charge in [-0.3, -0.25) is 14.4 Å². The summed E-state index contributed by atoms with van der Waals surface area (Å²) >= 11 is 0. The Kier molecular flexibility index (Phi) is 3.88. The first-order valence-corrected chi connectivity index (χ1v) is 8.60. The number of aromatic nitrogens is 4. The molecule has 0 saturated heterocycles. The van der Waals surface area contributed by atoms with Gasteiger partial charge in [-0.1, -0.05) is 0 Å². The summed E-state index contributed by atoms with van der Waals surface area (Å²) in [5.41, 5.74) is 3.28. The second-order valence-electron chi connectivity index (χ2n) is 7.07. The number of imidazole rings is 1. The second-order valence-corrected chi connectivity index (χ2v) is 7.07. The van der Waals surface area contributed by atoms with E-state index in [2.05, 4.69) is 26.4 Å². The van der Waals surface area contributed by atoms with Gasteiger partial charge in [0.05, 0.1) is 23.4 Å². The standard InChI is InChI=1S/C17H24N6O/c1-12-5-14(21(2)20-12)8-22-9-15-7-18-11-23(15)16(10-22)17(24)19-6-13-3-4-13/h5,7,11,13,16H,3-4,6,8-10H2,1-2H3,(H,19,24). The molecular weight excluding hydrogens is 304 g/mol. The second kappa shape index (κ2) is 6.05. The molecule has 3 heterocycles. The van der Waals surface area contributed by atoms with E-state index in [9.17, 15) is 4.79 Å². The van der Waals surface area contributed by atoms with Gasteiger partial charge in [0, 0.05) is 39.4 Å². The minimum Gasteiger partial charge on any atom is -0.354 e. The van der Waals surface area contributed by atoms with Crippen LogP contribution in [-0.2, 0) is 24.9 Å². The van der Waals surface area contributed by atoms with Crippen molar-refractivity contribution < 1.29 is 4.79 Å². The van der Waals surface area contributed by atoms with Gasteiger partial charge in [-0.05, 0) is 31.7 Å². The van der Waals surface area contributed by atoms with E-state index < -0.39 is 0 Å². The number of amides is 1. The first-order valence-electron chi connectivity index (χ1n) is 8.60. The number of hydrogen-bond acceptors (Lipinski definition) is 4. The molecule has 2 aliphatic rings. The van der Waals surface area contributed by atoms with E-state index in [-0.39, 0.29) is 11.9 Å². The molecule has 1 atom stereocenters. The van der Waals surface area contributed by atoms with E-state index in [1.54, 1.807) is 6.33 Å². The highest BCUT2D eigenvalue weighted by Crippen LogP contribution is 2.28. The normalized spacial score (nSPS) is 20.8. The molecule has 0 bridgehead atoms. The fourth-order valence-corrected chi connectivity index (χ4v) is 3.42. The molecule has 24 heavy (non-hydrogen) atoms. The van der Waals surface area contributed by atoms with Gasteiger partial charge in [0.1, 0.15) is 6.04 Å². The fraction of sp³-hybridized carbons (Fsp3) is 0.588. The Balaban J connectivity index is 1.49. The van der Waals surface area contributed by atoms with Crippen LogP contribution in [-0.4, -0.2) is 43.2 Å². The number of rotatable bonds is 5. The molecule has 2 aromatic heterocycles. The molecule has 0 radical (unpaired) electrons. The Hall–Kier alpha value is -2.15. The van der Waals surface area contributed by atoms with E-state index in [4.69, 9.17) is 0 Å². The molecule has 7 heteroatoms. The van der Waals surface area contributed by atoms with E-state index in [1.807, 2.05) is 29.4 Å². The molecule has 1 N–H and O–H groups in total. The van der Waals surface area contributed by atoms with Crippen LogP contribution in [0.5, 0.6) is 0 Å². The lowest BCUT2D eigenvalue weighted by Gasteiger charge is -2.33. The largest absolute Gasteiger partial charge is 0.354 e. The van der Waals surface area contributed by atoms with Crippen LogP contribution in [0.2, 0.25) is 0 Å². The van der Waals surface area contributed by atoms with Gasteiger partial charge in [-0.2, -0.15) is 5.10 Å². The van der Waals surface area contributed by atoms with Crippen molar-refractivity contribution >= 4 is 5.91 Å². The number of carbonyl (C=O) groups is 1. The van der Waals surface area contributed by atoms with Gasteiger partial charge < -0.3 is 9.88 Å². The predicted molar refractivity (Wildman–Crippen MR) is 89.1 cm³/mol. The summed E-state index contributed by atoms with van der Waals surface area (Å²) in [5, 5.41) is 7.53. The summed E-state index contributed by atoms with van der Waals surface area (Å²) in [5.74, 6) is 0.792. The van der Waals surface area contributed by atoms with Gasteiger partial charge >= 0.3 is 0 Å². The number of nitrogens with one attached hydrogen (secondary N) is 1. The molecule has 2 aromatic rings. The molecule has 0 aromatic carbocycles. The number of hydrogen-bond donors (Lipinski definition) is 1. The third-order valence-corrected chi connectivity index (χ3v) is 4.95. The minimum atomic E-state index is -0.204. The Morgan fingerprint density at radius 1 is 1.42 bits per heavy atom. The van der Waals surface area contributed by atoms with Crippen LogP contribution in [0.3, 0.4) is 0 Å². The molecule has 1 saturated carbocycles. The van der Waals surface area contributed by atoms with Gasteiger partial charge in [0.2, 0.25) is 5.91 Å². The lowest BCUT2D eigenvalue weighted by Crippen LogP contribution is -2.44. The van der Waals surface area contributed by atoms with Crippen LogP contribution < -0.4 is 5.32 Å². The van der Waals surface area contributed by atoms with Crippen molar-refractivity contribution in [2.45, 2.75) is 38.9 Å². The summed E-state index contributed by atoms with van der Waals surface area (Å²) in [7, 11) is 1.97. The highest BCUT2D eigenvalue weighted by atomic mass is 16.2. The van der Waals surface area contributed by atoms with Crippen LogP contribution in [0.1, 0.15) is 36.0 Å². The molecule has 128 valence electrons. The van der Waals surface area contributed by atoms with Crippen molar-refractivity contribution in [2.24, 2.45) is 13.0 Å². The monoisotopic (exact) mass is 328 g/mol. The van der Waals surface area contributed by atoms with Crippen molar-refractivity contribution in [1.82, 2.24) is 29.5 Å². The molecule has 1 fully saturated rings. The van der Waals surface area contributed by atoms with Crippen LogP contribution in [0, 0.1) is 12.8 Å². The van der Waals surface area contributed by atoms with Gasteiger partial charge in [-0.15, -0.1) is 0 Å². The van der Waals surface area contributed by atoms with Gasteiger partial charge in [-0.25, -0.2) is 4.98 Å².